The highest BCUT2D eigenvalue weighted by molar-refractivity contribution is 9.10. The van der Waals surface area contributed by atoms with Gasteiger partial charge in [0.2, 0.25) is 0 Å². The van der Waals surface area contributed by atoms with Gasteiger partial charge in [-0.05, 0) is 40.2 Å². The smallest absolute Gasteiger partial charge is 0.151 e. The first-order chi connectivity index (χ1) is 8.84. The van der Waals surface area contributed by atoms with E-state index >= 15 is 0 Å². The van der Waals surface area contributed by atoms with Crippen molar-refractivity contribution in [2.24, 2.45) is 0 Å². The second-order valence-corrected chi connectivity index (χ2v) is 4.63. The highest BCUT2D eigenvalue weighted by Crippen LogP contribution is 2.18. The van der Waals surface area contributed by atoms with E-state index in [4.69, 9.17) is 4.74 Å². The average Bonchev–Trinajstić information content (AvgIpc) is 2.82. The number of fused-ring (bicyclic) bond motifs is 1. The standard InChI is InChI=1S/C13H10BrN3O/c14-12-4-2-6-17-10(7-16-13(12)17)9-18-11-3-1-5-15-8-11/h1-8H,9H2. The van der Waals surface area contributed by atoms with Gasteiger partial charge in [0, 0.05) is 12.4 Å². The van der Waals surface area contributed by atoms with Gasteiger partial charge in [0.1, 0.15) is 12.4 Å². The van der Waals surface area contributed by atoms with E-state index in [1.54, 1.807) is 12.4 Å². The van der Waals surface area contributed by atoms with E-state index in [2.05, 4.69) is 25.9 Å². The van der Waals surface area contributed by atoms with Gasteiger partial charge in [0.25, 0.3) is 0 Å². The molecule has 0 fully saturated rings. The number of halogens is 1. The van der Waals surface area contributed by atoms with Crippen LogP contribution in [0.5, 0.6) is 5.75 Å². The molecule has 5 heteroatoms. The van der Waals surface area contributed by atoms with Crippen molar-refractivity contribution in [2.75, 3.05) is 0 Å². The summed E-state index contributed by atoms with van der Waals surface area (Å²) in [7, 11) is 0. The molecule has 3 rings (SSSR count). The minimum atomic E-state index is 0.462. The van der Waals surface area contributed by atoms with Crippen molar-refractivity contribution in [3.63, 3.8) is 0 Å². The molecule has 0 aliphatic heterocycles. The summed E-state index contributed by atoms with van der Waals surface area (Å²) in [6.45, 7) is 0.462. The number of nitrogens with zero attached hydrogens (tertiary/aromatic N) is 3. The van der Waals surface area contributed by atoms with Crippen molar-refractivity contribution in [1.29, 1.82) is 0 Å². The normalized spacial score (nSPS) is 10.7. The van der Waals surface area contributed by atoms with E-state index in [1.165, 1.54) is 0 Å². The third-order valence-electron chi connectivity index (χ3n) is 2.59. The van der Waals surface area contributed by atoms with E-state index in [0.717, 1.165) is 21.6 Å². The Labute approximate surface area is 112 Å². The molecule has 0 spiro atoms. The summed E-state index contributed by atoms with van der Waals surface area (Å²) in [6, 6.07) is 7.66. The van der Waals surface area contributed by atoms with Crippen LogP contribution < -0.4 is 4.74 Å². The molecule has 0 aliphatic rings. The zero-order chi connectivity index (χ0) is 12.4. The fourth-order valence-electron chi connectivity index (χ4n) is 1.72. The van der Waals surface area contributed by atoms with Gasteiger partial charge in [-0.2, -0.15) is 0 Å². The van der Waals surface area contributed by atoms with Crippen LogP contribution in [-0.2, 0) is 6.61 Å². The van der Waals surface area contributed by atoms with E-state index in [9.17, 15) is 0 Å². The summed E-state index contributed by atoms with van der Waals surface area (Å²) < 4.78 is 8.63. The van der Waals surface area contributed by atoms with E-state index in [0.29, 0.717) is 6.61 Å². The Bertz CT molecular complexity index is 666. The Hall–Kier alpha value is -1.88. The van der Waals surface area contributed by atoms with Gasteiger partial charge in [-0.1, -0.05) is 0 Å². The Balaban J connectivity index is 1.85. The molecule has 0 aromatic carbocycles. The van der Waals surface area contributed by atoms with E-state index in [1.807, 2.05) is 41.1 Å². The van der Waals surface area contributed by atoms with Gasteiger partial charge in [-0.15, -0.1) is 0 Å². The SMILES string of the molecule is Brc1cccn2c(COc3cccnc3)cnc12. The van der Waals surface area contributed by atoms with Crippen molar-refractivity contribution < 1.29 is 4.74 Å². The molecule has 3 heterocycles. The molecule has 0 atom stereocenters. The van der Waals surface area contributed by atoms with Gasteiger partial charge in [0.05, 0.1) is 22.6 Å². The van der Waals surface area contributed by atoms with Gasteiger partial charge in [-0.3, -0.25) is 9.38 Å². The van der Waals surface area contributed by atoms with Crippen LogP contribution in [0.1, 0.15) is 5.69 Å². The minimum absolute atomic E-state index is 0.462. The molecule has 3 aromatic rings. The molecule has 18 heavy (non-hydrogen) atoms. The quantitative estimate of drug-likeness (QED) is 0.746. The number of hydrogen-bond acceptors (Lipinski definition) is 3. The molecule has 4 nitrogen and oxygen atoms in total. The van der Waals surface area contributed by atoms with E-state index in [-0.39, 0.29) is 0 Å². The lowest BCUT2D eigenvalue weighted by Crippen LogP contribution is -1.99. The van der Waals surface area contributed by atoms with Gasteiger partial charge < -0.3 is 4.74 Å². The van der Waals surface area contributed by atoms with Crippen LogP contribution in [0, 0.1) is 0 Å². The lowest BCUT2D eigenvalue weighted by Gasteiger charge is -2.05. The molecule has 90 valence electrons. The average molecular weight is 304 g/mol. The maximum absolute atomic E-state index is 5.66. The van der Waals surface area contributed by atoms with Crippen molar-refractivity contribution in [2.45, 2.75) is 6.61 Å². The third kappa shape index (κ3) is 2.09. The van der Waals surface area contributed by atoms with Crippen LogP contribution in [0.15, 0.2) is 53.5 Å². The molecule has 0 bridgehead atoms. The van der Waals surface area contributed by atoms with E-state index < -0.39 is 0 Å². The molecule has 0 unspecified atom stereocenters. The second kappa shape index (κ2) is 4.78. The molecular formula is C13H10BrN3O. The van der Waals surface area contributed by atoms with Crippen molar-refractivity contribution in [3.8, 4) is 5.75 Å². The molecule has 0 saturated carbocycles. The first kappa shape index (κ1) is 11.2. The Kier molecular flexibility index (Phi) is 2.98. The monoisotopic (exact) mass is 303 g/mol. The van der Waals surface area contributed by atoms with Crippen LogP contribution in [0.25, 0.3) is 5.65 Å². The predicted molar refractivity (Wildman–Crippen MR) is 71.5 cm³/mol. The molecule has 0 amide bonds. The summed E-state index contributed by atoms with van der Waals surface area (Å²) in [4.78, 5) is 8.36. The number of pyridine rings is 2. The molecule has 3 aromatic heterocycles. The molecule has 0 aliphatic carbocycles. The highest BCUT2D eigenvalue weighted by Gasteiger charge is 2.06. The van der Waals surface area contributed by atoms with Crippen LogP contribution in [-0.4, -0.2) is 14.4 Å². The number of hydrogen-bond donors (Lipinski definition) is 0. The first-order valence-electron chi connectivity index (χ1n) is 5.48. The minimum Gasteiger partial charge on any atom is -0.486 e. The van der Waals surface area contributed by atoms with Crippen molar-refractivity contribution in [1.82, 2.24) is 14.4 Å². The summed E-state index contributed by atoms with van der Waals surface area (Å²) in [5.74, 6) is 0.752. The number of aromatic nitrogens is 3. The predicted octanol–water partition coefficient (Wildman–Crippen LogP) is 3.07. The van der Waals surface area contributed by atoms with Crippen molar-refractivity contribution >= 4 is 21.6 Å². The lowest BCUT2D eigenvalue weighted by atomic mass is 10.4. The third-order valence-corrected chi connectivity index (χ3v) is 3.20. The Morgan fingerprint density at radius 2 is 2.17 bits per heavy atom. The van der Waals surface area contributed by atoms with Crippen LogP contribution >= 0.6 is 15.9 Å². The number of ether oxygens (including phenoxy) is 1. The summed E-state index contributed by atoms with van der Waals surface area (Å²) in [6.07, 6.45) is 7.20. The van der Waals surface area contributed by atoms with Crippen molar-refractivity contribution in [3.05, 3.63) is 59.2 Å². The first-order valence-corrected chi connectivity index (χ1v) is 6.27. The maximum atomic E-state index is 5.66. The summed E-state index contributed by atoms with van der Waals surface area (Å²) >= 11 is 3.47. The van der Waals surface area contributed by atoms with Crippen LogP contribution in [0.2, 0.25) is 0 Å². The van der Waals surface area contributed by atoms with Gasteiger partial charge in [-0.25, -0.2) is 4.98 Å². The number of imidazole rings is 1. The second-order valence-electron chi connectivity index (χ2n) is 3.78. The van der Waals surface area contributed by atoms with Crippen LogP contribution in [0.4, 0.5) is 0 Å². The zero-order valence-corrected chi connectivity index (χ0v) is 11.0. The topological polar surface area (TPSA) is 39.4 Å². The summed E-state index contributed by atoms with van der Waals surface area (Å²) in [5, 5.41) is 0. The lowest BCUT2D eigenvalue weighted by molar-refractivity contribution is 0.299. The fraction of sp³-hybridized carbons (Fsp3) is 0.0769. The largest absolute Gasteiger partial charge is 0.486 e. The Morgan fingerprint density at radius 1 is 1.22 bits per heavy atom. The van der Waals surface area contributed by atoms with Gasteiger partial charge in [0.15, 0.2) is 5.65 Å². The number of rotatable bonds is 3. The maximum Gasteiger partial charge on any atom is 0.151 e. The van der Waals surface area contributed by atoms with Gasteiger partial charge >= 0.3 is 0 Å². The molecule has 0 N–H and O–H groups in total. The zero-order valence-electron chi connectivity index (χ0n) is 9.45. The highest BCUT2D eigenvalue weighted by atomic mass is 79.9. The fourth-order valence-corrected chi connectivity index (χ4v) is 2.17. The van der Waals surface area contributed by atoms with Crippen LogP contribution in [0.3, 0.4) is 0 Å². The molecule has 0 saturated heterocycles. The molecular weight excluding hydrogens is 294 g/mol. The summed E-state index contributed by atoms with van der Waals surface area (Å²) in [5.41, 5.74) is 1.89. The molecule has 0 radical (unpaired) electrons. The Morgan fingerprint density at radius 3 is 3.00 bits per heavy atom.